The van der Waals surface area contributed by atoms with Crippen molar-refractivity contribution in [3.63, 3.8) is 0 Å². The van der Waals surface area contributed by atoms with E-state index in [1.807, 2.05) is 30.3 Å². The summed E-state index contributed by atoms with van der Waals surface area (Å²) in [6.45, 7) is 0. The molecular weight excluding hydrogens is 331 g/mol. The van der Waals surface area contributed by atoms with E-state index in [-0.39, 0.29) is 5.71 Å². The predicted molar refractivity (Wildman–Crippen MR) is 69.3 cm³/mol. The fourth-order valence-electron chi connectivity index (χ4n) is 1.24. The smallest absolute Gasteiger partial charge is 0.191 e. The van der Waals surface area contributed by atoms with Crippen LogP contribution in [0.5, 0.6) is 0 Å². The Morgan fingerprint density at radius 3 is 2.53 bits per heavy atom. The van der Waals surface area contributed by atoms with Gasteiger partial charge < -0.3 is 0 Å². The summed E-state index contributed by atoms with van der Waals surface area (Å²) in [5.41, 5.74) is 3.60. The number of nitrogens with one attached hydrogen (secondary N) is 1. The molecule has 0 bridgehead atoms. The second-order valence-corrected chi connectivity index (χ2v) is 4.29. The van der Waals surface area contributed by atoms with Crippen LogP contribution in [0.2, 0.25) is 0 Å². The second-order valence-electron chi connectivity index (χ2n) is 3.04. The largest absolute Gasteiger partial charge is 0.224 e. The van der Waals surface area contributed by atoms with Crippen LogP contribution in [0.3, 0.4) is 0 Å². The third kappa shape index (κ3) is 2.34. The molecule has 0 saturated heterocycles. The number of hydrazone groups is 2. The van der Waals surface area contributed by atoms with Crippen LogP contribution in [0.25, 0.3) is 0 Å². The summed E-state index contributed by atoms with van der Waals surface area (Å²) in [5.74, 6) is 0. The van der Waals surface area contributed by atoms with Gasteiger partial charge in [-0.05, 0) is 34.7 Å². The molecule has 17 heavy (non-hydrogen) atoms. The summed E-state index contributed by atoms with van der Waals surface area (Å²) in [6.07, 6.45) is 1.78. The lowest BCUT2D eigenvalue weighted by Gasteiger charge is -2.15. The number of benzene rings is 1. The van der Waals surface area contributed by atoms with Crippen molar-refractivity contribution in [3.8, 4) is 12.3 Å². The van der Waals surface area contributed by atoms with E-state index in [0.717, 1.165) is 14.3 Å². The second kappa shape index (κ2) is 4.80. The SMILES string of the molecule is N#CC1=NNN(C#N)N=C1c1ccc(I)cc1. The summed E-state index contributed by atoms with van der Waals surface area (Å²) in [7, 11) is 0. The van der Waals surface area contributed by atoms with Crippen molar-refractivity contribution in [2.45, 2.75) is 0 Å². The van der Waals surface area contributed by atoms with Crippen molar-refractivity contribution in [2.75, 3.05) is 0 Å². The first-order valence-corrected chi connectivity index (χ1v) is 5.60. The molecule has 0 aliphatic carbocycles. The van der Waals surface area contributed by atoms with Crippen LogP contribution in [0.4, 0.5) is 0 Å². The van der Waals surface area contributed by atoms with Gasteiger partial charge in [0.15, 0.2) is 5.71 Å². The average Bonchev–Trinajstić information content (AvgIpc) is 2.39. The van der Waals surface area contributed by atoms with Crippen LogP contribution in [0.1, 0.15) is 5.56 Å². The maximum Gasteiger partial charge on any atom is 0.224 e. The molecule has 0 spiro atoms. The lowest BCUT2D eigenvalue weighted by Crippen LogP contribution is -2.34. The number of nitrogens with zero attached hydrogens (tertiary/aromatic N) is 5. The highest BCUT2D eigenvalue weighted by molar-refractivity contribution is 14.1. The molecule has 7 heteroatoms. The maximum atomic E-state index is 8.93. The Morgan fingerprint density at radius 2 is 1.94 bits per heavy atom. The van der Waals surface area contributed by atoms with Gasteiger partial charge in [0.1, 0.15) is 11.8 Å². The number of hydrogen-bond acceptors (Lipinski definition) is 6. The molecule has 0 amide bonds. The van der Waals surface area contributed by atoms with E-state index in [9.17, 15) is 0 Å². The monoisotopic (exact) mass is 336 g/mol. The summed E-state index contributed by atoms with van der Waals surface area (Å²) in [5, 5.41) is 26.3. The third-order valence-electron chi connectivity index (χ3n) is 2.00. The highest BCUT2D eigenvalue weighted by atomic mass is 127. The highest BCUT2D eigenvalue weighted by Crippen LogP contribution is 2.10. The zero-order valence-corrected chi connectivity index (χ0v) is 10.6. The van der Waals surface area contributed by atoms with Crippen molar-refractivity contribution < 1.29 is 0 Å². The van der Waals surface area contributed by atoms with Gasteiger partial charge in [-0.25, -0.2) is 0 Å². The quantitative estimate of drug-likeness (QED) is 0.616. The number of hydrogen-bond donors (Lipinski definition) is 1. The van der Waals surface area contributed by atoms with Crippen LogP contribution in [0, 0.1) is 26.4 Å². The molecule has 82 valence electrons. The van der Waals surface area contributed by atoms with Crippen LogP contribution in [-0.4, -0.2) is 16.5 Å². The lowest BCUT2D eigenvalue weighted by molar-refractivity contribution is 0.303. The molecule has 2 rings (SSSR count). The van der Waals surface area contributed by atoms with Gasteiger partial charge in [0.05, 0.1) is 0 Å². The Labute approximate surface area is 111 Å². The number of hydrazine groups is 1. The minimum atomic E-state index is 0.151. The van der Waals surface area contributed by atoms with Gasteiger partial charge in [-0.1, -0.05) is 17.3 Å². The Hall–Kier alpha value is -2.13. The molecule has 0 aromatic heterocycles. The molecule has 1 aromatic rings. The van der Waals surface area contributed by atoms with E-state index < -0.39 is 0 Å². The van der Waals surface area contributed by atoms with Crippen molar-refractivity contribution in [1.82, 2.24) is 10.7 Å². The Bertz CT molecular complexity index is 574. The van der Waals surface area contributed by atoms with Gasteiger partial charge >= 0.3 is 0 Å². The molecule has 0 radical (unpaired) electrons. The van der Waals surface area contributed by atoms with E-state index in [4.69, 9.17) is 10.5 Å². The van der Waals surface area contributed by atoms with E-state index in [0.29, 0.717) is 5.71 Å². The maximum absolute atomic E-state index is 8.93. The van der Waals surface area contributed by atoms with E-state index >= 15 is 0 Å². The molecule has 1 N–H and O–H groups in total. The summed E-state index contributed by atoms with van der Waals surface area (Å²) >= 11 is 2.18. The minimum Gasteiger partial charge on any atom is -0.191 e. The fraction of sp³-hybridized carbons (Fsp3) is 0. The molecule has 6 nitrogen and oxygen atoms in total. The normalized spacial score (nSPS) is 13.9. The third-order valence-corrected chi connectivity index (χ3v) is 2.72. The molecule has 0 unspecified atom stereocenters. The molecule has 1 aliphatic heterocycles. The van der Waals surface area contributed by atoms with Crippen LogP contribution < -0.4 is 5.53 Å². The molecule has 0 fully saturated rings. The molecule has 1 aliphatic rings. The Morgan fingerprint density at radius 1 is 1.24 bits per heavy atom. The van der Waals surface area contributed by atoms with Gasteiger partial charge in [0.2, 0.25) is 6.19 Å². The Kier molecular flexibility index (Phi) is 3.21. The first kappa shape index (κ1) is 11.4. The minimum absolute atomic E-state index is 0.151. The zero-order valence-electron chi connectivity index (χ0n) is 8.42. The zero-order chi connectivity index (χ0) is 12.3. The van der Waals surface area contributed by atoms with Crippen molar-refractivity contribution >= 4 is 34.0 Å². The van der Waals surface area contributed by atoms with Crippen LogP contribution >= 0.6 is 22.6 Å². The van der Waals surface area contributed by atoms with Crippen LogP contribution in [-0.2, 0) is 0 Å². The predicted octanol–water partition coefficient (Wildman–Crippen LogP) is 1.18. The summed E-state index contributed by atoms with van der Waals surface area (Å²) < 4.78 is 1.08. The van der Waals surface area contributed by atoms with Gasteiger partial charge in [-0.15, -0.1) is 10.2 Å². The molecule has 1 aromatic carbocycles. The van der Waals surface area contributed by atoms with E-state index in [1.165, 1.54) is 0 Å². The number of halogens is 1. The molecular formula is C10H5IN6. The van der Waals surface area contributed by atoms with Gasteiger partial charge in [-0.2, -0.15) is 16.1 Å². The standard InChI is InChI=1S/C10H5IN6/c11-8-3-1-7(2-4-8)10-9(5-12)14-16-17(6-13)15-10/h1-4,16H. The Balaban J connectivity index is 2.44. The van der Waals surface area contributed by atoms with Gasteiger partial charge in [0.25, 0.3) is 0 Å². The van der Waals surface area contributed by atoms with Crippen molar-refractivity contribution in [2.24, 2.45) is 10.2 Å². The van der Waals surface area contributed by atoms with Gasteiger partial charge in [0, 0.05) is 9.13 Å². The summed E-state index contributed by atoms with van der Waals surface area (Å²) in [4.78, 5) is 0. The number of nitriles is 2. The van der Waals surface area contributed by atoms with Gasteiger partial charge in [-0.3, -0.25) is 0 Å². The van der Waals surface area contributed by atoms with E-state index in [2.05, 4.69) is 38.3 Å². The van der Waals surface area contributed by atoms with Crippen molar-refractivity contribution in [1.29, 1.82) is 10.5 Å². The van der Waals surface area contributed by atoms with Crippen LogP contribution in [0.15, 0.2) is 34.5 Å². The summed E-state index contributed by atoms with van der Waals surface area (Å²) in [6, 6.07) is 9.38. The first-order chi connectivity index (χ1) is 8.24. The molecule has 0 saturated carbocycles. The topological polar surface area (TPSA) is 87.6 Å². The average molecular weight is 336 g/mol. The molecule has 1 heterocycles. The van der Waals surface area contributed by atoms with E-state index in [1.54, 1.807) is 6.19 Å². The highest BCUT2D eigenvalue weighted by Gasteiger charge is 2.18. The lowest BCUT2D eigenvalue weighted by atomic mass is 10.1. The van der Waals surface area contributed by atoms with Crippen molar-refractivity contribution in [3.05, 3.63) is 33.4 Å². The first-order valence-electron chi connectivity index (χ1n) is 4.53. The fourth-order valence-corrected chi connectivity index (χ4v) is 1.60. The molecule has 0 atom stereocenters. The number of rotatable bonds is 1.